The van der Waals surface area contributed by atoms with Crippen molar-refractivity contribution in [2.45, 2.75) is 0 Å². The van der Waals surface area contributed by atoms with Gasteiger partial charge in [0.15, 0.2) is 0 Å². The second-order valence-electron chi connectivity index (χ2n) is 1.87. The zero-order valence-corrected chi connectivity index (χ0v) is 6.71. The second-order valence-corrected chi connectivity index (χ2v) is 2.65. The molecule has 2 rings (SSSR count). The fourth-order valence-electron chi connectivity index (χ4n) is 0.750. The zero-order chi connectivity index (χ0) is 7.84. The standard InChI is InChI=1S/C5H2Cl2N4/c6-3-1-4(7)11-5(10-3)8-2-9-11/h1-2H. The van der Waals surface area contributed by atoms with Crippen molar-refractivity contribution in [3.8, 4) is 0 Å². The fourth-order valence-corrected chi connectivity index (χ4v) is 1.21. The maximum Gasteiger partial charge on any atom is 0.254 e. The molecule has 0 unspecified atom stereocenters. The van der Waals surface area contributed by atoms with E-state index in [0.29, 0.717) is 16.1 Å². The highest BCUT2D eigenvalue weighted by molar-refractivity contribution is 6.33. The molecular weight excluding hydrogens is 187 g/mol. The molecule has 0 amide bonds. The summed E-state index contributed by atoms with van der Waals surface area (Å²) in [6.45, 7) is 0. The van der Waals surface area contributed by atoms with Gasteiger partial charge in [-0.2, -0.15) is 19.6 Å². The Hall–Kier alpha value is -0.870. The molecule has 6 heteroatoms. The smallest absolute Gasteiger partial charge is 0.199 e. The molecule has 0 bridgehead atoms. The third-order valence-electron chi connectivity index (χ3n) is 1.18. The summed E-state index contributed by atoms with van der Waals surface area (Å²) < 4.78 is 1.40. The molecule has 56 valence electrons. The molecule has 0 spiro atoms. The fraction of sp³-hybridized carbons (Fsp3) is 0. The summed E-state index contributed by atoms with van der Waals surface area (Å²) >= 11 is 11.3. The van der Waals surface area contributed by atoms with Crippen molar-refractivity contribution in [3.05, 3.63) is 22.7 Å². The van der Waals surface area contributed by atoms with Crippen LogP contribution in [0.5, 0.6) is 0 Å². The highest BCUT2D eigenvalue weighted by Crippen LogP contribution is 2.13. The minimum absolute atomic E-state index is 0.315. The summed E-state index contributed by atoms with van der Waals surface area (Å²) in [4.78, 5) is 7.68. The number of halogens is 2. The predicted molar refractivity (Wildman–Crippen MR) is 40.8 cm³/mol. The molecule has 0 aliphatic heterocycles. The number of aromatic nitrogens is 4. The van der Waals surface area contributed by atoms with Gasteiger partial charge in [0.25, 0.3) is 5.78 Å². The van der Waals surface area contributed by atoms with Crippen LogP contribution >= 0.6 is 23.2 Å². The first kappa shape index (κ1) is 6.82. The van der Waals surface area contributed by atoms with Gasteiger partial charge in [0.2, 0.25) is 0 Å². The number of rotatable bonds is 0. The number of hydrogen-bond acceptors (Lipinski definition) is 3. The first-order chi connectivity index (χ1) is 5.27. The molecule has 2 aromatic rings. The van der Waals surface area contributed by atoms with Crippen molar-refractivity contribution in [3.63, 3.8) is 0 Å². The number of nitrogens with zero attached hydrogens (tertiary/aromatic N) is 4. The van der Waals surface area contributed by atoms with Gasteiger partial charge in [-0.05, 0) is 0 Å². The van der Waals surface area contributed by atoms with Gasteiger partial charge in [0.1, 0.15) is 16.6 Å². The topological polar surface area (TPSA) is 43.1 Å². The monoisotopic (exact) mass is 188 g/mol. The van der Waals surface area contributed by atoms with Crippen LogP contribution in [-0.4, -0.2) is 19.6 Å². The quantitative estimate of drug-likeness (QED) is 0.588. The molecule has 0 radical (unpaired) electrons. The van der Waals surface area contributed by atoms with E-state index < -0.39 is 0 Å². The van der Waals surface area contributed by atoms with E-state index in [1.54, 1.807) is 0 Å². The van der Waals surface area contributed by atoms with Crippen molar-refractivity contribution in [1.29, 1.82) is 0 Å². The molecule has 2 heterocycles. The Morgan fingerprint density at radius 2 is 2.18 bits per heavy atom. The molecular formula is C5H2Cl2N4. The van der Waals surface area contributed by atoms with Crippen LogP contribution in [0.1, 0.15) is 0 Å². The first-order valence-electron chi connectivity index (χ1n) is 2.79. The van der Waals surface area contributed by atoms with Gasteiger partial charge in [-0.1, -0.05) is 23.2 Å². The lowest BCUT2D eigenvalue weighted by atomic mass is 10.7. The third kappa shape index (κ3) is 1.04. The summed E-state index contributed by atoms with van der Waals surface area (Å²) in [5, 5.41) is 4.53. The molecule has 0 saturated heterocycles. The lowest BCUT2D eigenvalue weighted by Crippen LogP contribution is -1.91. The maximum atomic E-state index is 5.74. The molecule has 0 saturated carbocycles. The van der Waals surface area contributed by atoms with Crippen LogP contribution in [-0.2, 0) is 0 Å². The molecule has 2 aromatic heterocycles. The van der Waals surface area contributed by atoms with E-state index >= 15 is 0 Å². The van der Waals surface area contributed by atoms with E-state index in [0.717, 1.165) is 0 Å². The Morgan fingerprint density at radius 3 is 3.00 bits per heavy atom. The van der Waals surface area contributed by atoms with Gasteiger partial charge in [0.05, 0.1) is 0 Å². The van der Waals surface area contributed by atoms with Gasteiger partial charge in [0, 0.05) is 6.07 Å². The van der Waals surface area contributed by atoms with Crippen molar-refractivity contribution < 1.29 is 0 Å². The lowest BCUT2D eigenvalue weighted by Gasteiger charge is -1.93. The van der Waals surface area contributed by atoms with Crippen molar-refractivity contribution in [2.24, 2.45) is 0 Å². The van der Waals surface area contributed by atoms with Gasteiger partial charge in [-0.3, -0.25) is 0 Å². The highest BCUT2D eigenvalue weighted by atomic mass is 35.5. The Balaban J connectivity index is 2.91. The maximum absolute atomic E-state index is 5.74. The average Bonchev–Trinajstić information content (AvgIpc) is 2.34. The largest absolute Gasteiger partial charge is 0.254 e. The third-order valence-corrected chi connectivity index (χ3v) is 1.64. The van der Waals surface area contributed by atoms with E-state index in [9.17, 15) is 0 Å². The zero-order valence-electron chi connectivity index (χ0n) is 5.20. The minimum Gasteiger partial charge on any atom is -0.199 e. The van der Waals surface area contributed by atoms with Gasteiger partial charge < -0.3 is 0 Å². The van der Waals surface area contributed by atoms with Crippen LogP contribution in [0.4, 0.5) is 0 Å². The molecule has 11 heavy (non-hydrogen) atoms. The number of fused-ring (bicyclic) bond motifs is 1. The Kier molecular flexibility index (Phi) is 1.44. The average molecular weight is 189 g/mol. The van der Waals surface area contributed by atoms with Crippen molar-refractivity contribution in [1.82, 2.24) is 19.6 Å². The lowest BCUT2D eigenvalue weighted by molar-refractivity contribution is 0.940. The summed E-state index contributed by atoms with van der Waals surface area (Å²) in [5.41, 5.74) is 0. The van der Waals surface area contributed by atoms with Crippen LogP contribution in [0, 0.1) is 0 Å². The molecule has 0 aliphatic rings. The molecule has 0 aliphatic carbocycles. The molecule has 0 aromatic carbocycles. The van der Waals surface area contributed by atoms with Crippen molar-refractivity contribution in [2.75, 3.05) is 0 Å². The SMILES string of the molecule is Clc1cc(Cl)n2ncnc2n1. The van der Waals surface area contributed by atoms with Gasteiger partial charge in [-0.15, -0.1) is 0 Å². The van der Waals surface area contributed by atoms with Crippen LogP contribution in [0.3, 0.4) is 0 Å². The Labute approximate surface area is 71.8 Å². The van der Waals surface area contributed by atoms with Crippen LogP contribution in [0.2, 0.25) is 10.3 Å². The van der Waals surface area contributed by atoms with Crippen LogP contribution in [0.25, 0.3) is 5.78 Å². The Morgan fingerprint density at radius 1 is 1.36 bits per heavy atom. The molecule has 0 fully saturated rings. The molecule has 0 atom stereocenters. The number of hydrogen-bond donors (Lipinski definition) is 0. The van der Waals surface area contributed by atoms with Crippen LogP contribution < -0.4 is 0 Å². The second kappa shape index (κ2) is 2.32. The van der Waals surface area contributed by atoms with E-state index in [2.05, 4.69) is 15.1 Å². The van der Waals surface area contributed by atoms with Crippen LogP contribution in [0.15, 0.2) is 12.4 Å². The summed E-state index contributed by atoms with van der Waals surface area (Å²) in [6.07, 6.45) is 1.37. The van der Waals surface area contributed by atoms with E-state index in [-0.39, 0.29) is 0 Å². The van der Waals surface area contributed by atoms with E-state index in [1.807, 2.05) is 0 Å². The minimum atomic E-state index is 0.315. The normalized spacial score (nSPS) is 10.7. The van der Waals surface area contributed by atoms with E-state index in [1.165, 1.54) is 16.9 Å². The highest BCUT2D eigenvalue weighted by Gasteiger charge is 2.02. The summed E-state index contributed by atoms with van der Waals surface area (Å²) in [5.74, 6) is 0.405. The summed E-state index contributed by atoms with van der Waals surface area (Å²) in [6, 6.07) is 1.50. The van der Waals surface area contributed by atoms with Gasteiger partial charge in [-0.25, -0.2) is 0 Å². The molecule has 0 N–H and O–H groups in total. The molecule has 4 nitrogen and oxygen atoms in total. The van der Waals surface area contributed by atoms with E-state index in [4.69, 9.17) is 23.2 Å². The Bertz CT molecular complexity index is 396. The van der Waals surface area contributed by atoms with Gasteiger partial charge >= 0.3 is 0 Å². The predicted octanol–water partition coefficient (Wildman–Crippen LogP) is 1.43. The van der Waals surface area contributed by atoms with Crippen molar-refractivity contribution >= 4 is 29.0 Å². The summed E-state index contributed by atoms with van der Waals surface area (Å²) in [7, 11) is 0. The first-order valence-corrected chi connectivity index (χ1v) is 3.55.